The Morgan fingerprint density at radius 1 is 1.35 bits per heavy atom. The van der Waals surface area contributed by atoms with E-state index in [1.54, 1.807) is 16.7 Å². The highest BCUT2D eigenvalue weighted by atomic mass is 14.5. The minimum absolute atomic E-state index is 0.361. The second-order valence-electron chi connectivity index (χ2n) is 6.33. The molecule has 0 aromatic heterocycles. The van der Waals surface area contributed by atoms with Crippen molar-refractivity contribution in [2.24, 2.45) is 11.3 Å². The second-order valence-corrected chi connectivity index (χ2v) is 6.33. The standard InChI is InChI=1S/C16H22B/c1-16(2)14-7-5-4-6-12(14)13-9-8-11(17-3)10-15(13)16/h5,7,9,11,15H,4,6,8,10H2,1-3H3. The second kappa shape index (κ2) is 3.90. The molecule has 0 spiro atoms. The van der Waals surface area contributed by atoms with Crippen LogP contribution in [0.2, 0.25) is 12.6 Å². The molecule has 1 heteroatoms. The van der Waals surface area contributed by atoms with E-state index in [4.69, 9.17) is 0 Å². The summed E-state index contributed by atoms with van der Waals surface area (Å²) in [6.07, 6.45) is 12.4. The molecule has 0 heterocycles. The lowest BCUT2D eigenvalue weighted by molar-refractivity contribution is 0.303. The first kappa shape index (κ1) is 11.4. The average Bonchev–Trinajstić information content (AvgIpc) is 2.59. The zero-order valence-corrected chi connectivity index (χ0v) is 11.3. The van der Waals surface area contributed by atoms with Crippen LogP contribution in [0.4, 0.5) is 0 Å². The SMILES string of the molecule is C[B]C1CC=C2C3=C(C=CCC3)C(C)(C)C2C1. The minimum Gasteiger partial charge on any atom is -0.0917 e. The summed E-state index contributed by atoms with van der Waals surface area (Å²) in [6, 6.07) is 0. The molecular weight excluding hydrogens is 203 g/mol. The Labute approximate surface area is 106 Å². The summed E-state index contributed by atoms with van der Waals surface area (Å²) < 4.78 is 0. The first-order chi connectivity index (χ1) is 8.14. The van der Waals surface area contributed by atoms with Crippen LogP contribution in [0, 0.1) is 11.3 Å². The molecule has 89 valence electrons. The third-order valence-electron chi connectivity index (χ3n) is 5.11. The normalized spacial score (nSPS) is 34.2. The molecule has 0 aromatic rings. The van der Waals surface area contributed by atoms with Crippen LogP contribution >= 0.6 is 0 Å². The van der Waals surface area contributed by atoms with Crippen molar-refractivity contribution in [3.05, 3.63) is 34.9 Å². The number of hydrogen-bond acceptors (Lipinski definition) is 0. The third-order valence-corrected chi connectivity index (χ3v) is 5.11. The summed E-state index contributed by atoms with van der Waals surface area (Å²) >= 11 is 0. The van der Waals surface area contributed by atoms with Gasteiger partial charge in [0, 0.05) is 0 Å². The summed E-state index contributed by atoms with van der Waals surface area (Å²) in [7, 11) is 2.40. The van der Waals surface area contributed by atoms with E-state index in [9.17, 15) is 0 Å². The van der Waals surface area contributed by atoms with Crippen LogP contribution in [0.5, 0.6) is 0 Å². The molecular formula is C16H22B. The molecule has 0 saturated carbocycles. The van der Waals surface area contributed by atoms with Gasteiger partial charge in [0.1, 0.15) is 7.28 Å². The first-order valence-corrected chi connectivity index (χ1v) is 7.04. The van der Waals surface area contributed by atoms with Crippen molar-refractivity contribution in [3.8, 4) is 0 Å². The van der Waals surface area contributed by atoms with Gasteiger partial charge in [-0.3, -0.25) is 0 Å². The zero-order chi connectivity index (χ0) is 12.0. The van der Waals surface area contributed by atoms with Gasteiger partial charge in [-0.05, 0) is 53.7 Å². The number of allylic oxidation sites excluding steroid dienone is 6. The Morgan fingerprint density at radius 2 is 2.18 bits per heavy atom. The van der Waals surface area contributed by atoms with Crippen LogP contribution in [0.1, 0.15) is 39.5 Å². The van der Waals surface area contributed by atoms with E-state index in [0.29, 0.717) is 5.41 Å². The van der Waals surface area contributed by atoms with Crippen LogP contribution in [0.15, 0.2) is 34.9 Å². The summed E-state index contributed by atoms with van der Waals surface area (Å²) in [5.74, 6) is 1.57. The lowest BCUT2D eigenvalue weighted by Gasteiger charge is -2.35. The molecule has 0 N–H and O–H groups in total. The largest absolute Gasteiger partial charge is 0.110 e. The topological polar surface area (TPSA) is 0 Å². The molecule has 3 aliphatic carbocycles. The number of fused-ring (bicyclic) bond motifs is 2. The fourth-order valence-electron chi connectivity index (χ4n) is 3.99. The molecule has 17 heavy (non-hydrogen) atoms. The highest BCUT2D eigenvalue weighted by Gasteiger charge is 2.45. The van der Waals surface area contributed by atoms with Gasteiger partial charge in [-0.1, -0.05) is 44.7 Å². The van der Waals surface area contributed by atoms with Crippen molar-refractivity contribution in [1.82, 2.24) is 0 Å². The van der Waals surface area contributed by atoms with E-state index in [1.807, 2.05) is 0 Å². The van der Waals surface area contributed by atoms with Crippen LogP contribution in [-0.2, 0) is 0 Å². The van der Waals surface area contributed by atoms with Crippen molar-refractivity contribution >= 4 is 7.28 Å². The molecule has 0 bridgehead atoms. The summed E-state index contributed by atoms with van der Waals surface area (Å²) in [4.78, 5) is 0. The lowest BCUT2D eigenvalue weighted by atomic mass is 9.57. The summed E-state index contributed by atoms with van der Waals surface area (Å²) in [6.45, 7) is 7.11. The van der Waals surface area contributed by atoms with Crippen LogP contribution in [-0.4, -0.2) is 7.28 Å². The average molecular weight is 225 g/mol. The maximum absolute atomic E-state index is 2.54. The van der Waals surface area contributed by atoms with Crippen molar-refractivity contribution in [3.63, 3.8) is 0 Å². The van der Waals surface area contributed by atoms with Gasteiger partial charge in [0.15, 0.2) is 0 Å². The molecule has 2 unspecified atom stereocenters. The van der Waals surface area contributed by atoms with E-state index in [1.165, 1.54) is 25.7 Å². The summed E-state index contributed by atoms with van der Waals surface area (Å²) in [5.41, 5.74) is 5.39. The van der Waals surface area contributed by atoms with Gasteiger partial charge in [0.2, 0.25) is 0 Å². The smallest absolute Gasteiger partial charge is 0.0917 e. The molecule has 0 fully saturated rings. The number of rotatable bonds is 1. The minimum atomic E-state index is 0.361. The molecule has 1 radical (unpaired) electrons. The van der Waals surface area contributed by atoms with Gasteiger partial charge in [0.05, 0.1) is 0 Å². The van der Waals surface area contributed by atoms with E-state index in [-0.39, 0.29) is 0 Å². The molecule has 0 amide bonds. The van der Waals surface area contributed by atoms with Crippen molar-refractivity contribution < 1.29 is 0 Å². The van der Waals surface area contributed by atoms with E-state index in [0.717, 1.165) is 11.7 Å². The van der Waals surface area contributed by atoms with Crippen molar-refractivity contribution in [1.29, 1.82) is 0 Å². The van der Waals surface area contributed by atoms with E-state index >= 15 is 0 Å². The Hall–Kier alpha value is -0.715. The van der Waals surface area contributed by atoms with Gasteiger partial charge in [-0.2, -0.15) is 0 Å². The van der Waals surface area contributed by atoms with Crippen molar-refractivity contribution in [2.45, 2.75) is 52.2 Å². The van der Waals surface area contributed by atoms with Crippen LogP contribution in [0.25, 0.3) is 0 Å². The fraction of sp³-hybridized carbons (Fsp3) is 0.625. The predicted octanol–water partition coefficient (Wildman–Crippen LogP) is 4.55. The molecule has 0 aromatic carbocycles. The van der Waals surface area contributed by atoms with Gasteiger partial charge in [-0.15, -0.1) is 0 Å². The molecule has 3 rings (SSSR count). The predicted molar refractivity (Wildman–Crippen MR) is 75.4 cm³/mol. The number of hydrogen-bond donors (Lipinski definition) is 0. The van der Waals surface area contributed by atoms with Crippen LogP contribution in [0.3, 0.4) is 0 Å². The molecule has 0 aliphatic heterocycles. The molecule has 0 nitrogen and oxygen atoms in total. The van der Waals surface area contributed by atoms with E-state index in [2.05, 4.69) is 46.2 Å². The zero-order valence-electron chi connectivity index (χ0n) is 11.3. The quantitative estimate of drug-likeness (QED) is 0.574. The van der Waals surface area contributed by atoms with Gasteiger partial charge in [0.25, 0.3) is 0 Å². The maximum Gasteiger partial charge on any atom is 0.110 e. The summed E-state index contributed by atoms with van der Waals surface area (Å²) in [5, 5.41) is 0. The van der Waals surface area contributed by atoms with Gasteiger partial charge >= 0.3 is 0 Å². The Kier molecular flexibility index (Phi) is 2.61. The highest BCUT2D eigenvalue weighted by Crippen LogP contribution is 2.57. The fourth-order valence-corrected chi connectivity index (χ4v) is 3.99. The molecule has 3 aliphatic rings. The lowest BCUT2D eigenvalue weighted by Crippen LogP contribution is -2.26. The maximum atomic E-state index is 2.54. The Bertz CT molecular complexity index is 423. The van der Waals surface area contributed by atoms with Gasteiger partial charge in [-0.25, -0.2) is 0 Å². The molecule has 0 saturated heterocycles. The van der Waals surface area contributed by atoms with Gasteiger partial charge < -0.3 is 0 Å². The van der Waals surface area contributed by atoms with Crippen molar-refractivity contribution in [2.75, 3.05) is 0 Å². The molecule has 2 atom stereocenters. The van der Waals surface area contributed by atoms with E-state index < -0.39 is 0 Å². The highest BCUT2D eigenvalue weighted by molar-refractivity contribution is 6.35. The third kappa shape index (κ3) is 1.58. The van der Waals surface area contributed by atoms with Crippen LogP contribution < -0.4 is 0 Å². The monoisotopic (exact) mass is 225 g/mol. The Morgan fingerprint density at radius 3 is 2.94 bits per heavy atom. The Balaban J connectivity index is 2.02. The first-order valence-electron chi connectivity index (χ1n) is 7.04.